The molecule has 0 aromatic carbocycles. The van der Waals surface area contributed by atoms with Gasteiger partial charge in [-0.2, -0.15) is 0 Å². The van der Waals surface area contributed by atoms with Crippen molar-refractivity contribution in [1.82, 2.24) is 9.88 Å². The van der Waals surface area contributed by atoms with E-state index in [4.69, 9.17) is 0 Å². The van der Waals surface area contributed by atoms with Crippen molar-refractivity contribution in [2.24, 2.45) is 7.05 Å². The van der Waals surface area contributed by atoms with Crippen molar-refractivity contribution in [3.05, 3.63) is 34.1 Å². The van der Waals surface area contributed by atoms with Gasteiger partial charge in [-0.3, -0.25) is 4.79 Å². The van der Waals surface area contributed by atoms with Gasteiger partial charge >= 0.3 is 0 Å². The van der Waals surface area contributed by atoms with Crippen LogP contribution in [-0.2, 0) is 7.05 Å². The maximum atomic E-state index is 11.9. The molecule has 0 unspecified atom stereocenters. The fourth-order valence-corrected chi connectivity index (χ4v) is 2.67. The van der Waals surface area contributed by atoms with E-state index < -0.39 is 0 Å². The molecule has 1 amide bonds. The van der Waals surface area contributed by atoms with Crippen molar-refractivity contribution in [2.45, 2.75) is 25.7 Å². The second kappa shape index (κ2) is 5.54. The van der Waals surface area contributed by atoms with E-state index >= 15 is 0 Å². The molecule has 4 heteroatoms. The summed E-state index contributed by atoms with van der Waals surface area (Å²) in [6.45, 7) is 0.730. The highest BCUT2D eigenvalue weighted by Gasteiger charge is 2.11. The number of amides is 1. The summed E-state index contributed by atoms with van der Waals surface area (Å²) in [6.07, 6.45) is 8.84. The van der Waals surface area contributed by atoms with Crippen LogP contribution < -0.4 is 5.32 Å². The molecule has 1 heterocycles. The Bertz CT molecular complexity index is 448. The van der Waals surface area contributed by atoms with Crippen LogP contribution in [0.2, 0.25) is 0 Å². The summed E-state index contributed by atoms with van der Waals surface area (Å²) in [5, 5.41) is 2.96. The number of aryl methyl sites for hydroxylation is 1. The maximum absolute atomic E-state index is 11.9. The van der Waals surface area contributed by atoms with E-state index in [1.165, 1.54) is 24.8 Å². The molecule has 1 aliphatic carbocycles. The van der Waals surface area contributed by atoms with Gasteiger partial charge in [-0.05, 0) is 47.7 Å². The van der Waals surface area contributed by atoms with E-state index in [0.717, 1.165) is 17.4 Å². The van der Waals surface area contributed by atoms with Crippen LogP contribution >= 0.6 is 15.9 Å². The first-order valence-electron chi connectivity index (χ1n) is 5.95. The topological polar surface area (TPSA) is 34.0 Å². The minimum atomic E-state index is -0.00297. The summed E-state index contributed by atoms with van der Waals surface area (Å²) in [4.78, 5) is 11.9. The zero-order valence-corrected chi connectivity index (χ0v) is 11.6. The van der Waals surface area contributed by atoms with Crippen LogP contribution in [-0.4, -0.2) is 17.0 Å². The van der Waals surface area contributed by atoms with Crippen molar-refractivity contribution in [2.75, 3.05) is 6.54 Å². The Labute approximate surface area is 110 Å². The Morgan fingerprint density at radius 3 is 3.00 bits per heavy atom. The van der Waals surface area contributed by atoms with Gasteiger partial charge in [0.25, 0.3) is 5.91 Å². The first-order valence-corrected chi connectivity index (χ1v) is 6.74. The highest BCUT2D eigenvalue weighted by Crippen LogP contribution is 2.20. The van der Waals surface area contributed by atoms with Crippen LogP contribution in [0.3, 0.4) is 0 Å². The third-order valence-electron chi connectivity index (χ3n) is 3.07. The van der Waals surface area contributed by atoms with Gasteiger partial charge in [0.05, 0.1) is 0 Å². The molecule has 0 radical (unpaired) electrons. The molecule has 0 spiro atoms. The molecule has 1 aliphatic rings. The van der Waals surface area contributed by atoms with Gasteiger partial charge in [0, 0.05) is 24.3 Å². The molecule has 3 nitrogen and oxygen atoms in total. The van der Waals surface area contributed by atoms with E-state index in [0.29, 0.717) is 5.69 Å². The van der Waals surface area contributed by atoms with Gasteiger partial charge in [-0.1, -0.05) is 11.6 Å². The second-order valence-electron chi connectivity index (χ2n) is 4.41. The van der Waals surface area contributed by atoms with Crippen LogP contribution in [0.15, 0.2) is 28.4 Å². The molecule has 2 rings (SSSR count). The van der Waals surface area contributed by atoms with Gasteiger partial charge in [-0.25, -0.2) is 0 Å². The molecular formula is C13H17BrN2O. The van der Waals surface area contributed by atoms with E-state index in [2.05, 4.69) is 27.3 Å². The lowest BCUT2D eigenvalue weighted by Gasteiger charge is -2.06. The lowest BCUT2D eigenvalue weighted by atomic mass is 10.2. The third kappa shape index (κ3) is 3.22. The highest BCUT2D eigenvalue weighted by atomic mass is 79.9. The number of carbonyl (C=O) groups excluding carboxylic acids is 1. The Morgan fingerprint density at radius 1 is 1.59 bits per heavy atom. The SMILES string of the molecule is Cn1cc(Br)cc1C(=O)NCCC1=CCCC1. The Balaban J connectivity index is 1.83. The molecule has 92 valence electrons. The lowest BCUT2D eigenvalue weighted by Crippen LogP contribution is -2.26. The Kier molecular flexibility index (Phi) is 4.05. The largest absolute Gasteiger partial charge is 0.350 e. The lowest BCUT2D eigenvalue weighted by molar-refractivity contribution is 0.0946. The number of rotatable bonds is 4. The van der Waals surface area contributed by atoms with Gasteiger partial charge in [0.2, 0.25) is 0 Å². The van der Waals surface area contributed by atoms with Crippen LogP contribution in [0.4, 0.5) is 0 Å². The number of nitrogens with one attached hydrogen (secondary N) is 1. The van der Waals surface area contributed by atoms with Crippen LogP contribution in [0.1, 0.15) is 36.2 Å². The van der Waals surface area contributed by atoms with Gasteiger partial charge < -0.3 is 9.88 Å². The summed E-state index contributed by atoms with van der Waals surface area (Å²) >= 11 is 3.36. The Hall–Kier alpha value is -1.03. The standard InChI is InChI=1S/C13H17BrN2O/c1-16-9-11(14)8-12(16)13(17)15-7-6-10-4-2-3-5-10/h4,8-9H,2-3,5-7H2,1H3,(H,15,17). The molecule has 0 aliphatic heterocycles. The summed E-state index contributed by atoms with van der Waals surface area (Å²) in [5.41, 5.74) is 2.18. The molecule has 1 aromatic heterocycles. The smallest absolute Gasteiger partial charge is 0.267 e. The molecule has 1 N–H and O–H groups in total. The minimum absolute atomic E-state index is 0.00297. The van der Waals surface area contributed by atoms with Gasteiger partial charge in [0.15, 0.2) is 0 Å². The molecule has 0 bridgehead atoms. The molecule has 0 saturated carbocycles. The quantitative estimate of drug-likeness (QED) is 0.852. The third-order valence-corrected chi connectivity index (χ3v) is 3.50. The molecule has 0 saturated heterocycles. The number of hydrogen-bond acceptors (Lipinski definition) is 1. The van der Waals surface area contributed by atoms with Crippen LogP contribution in [0.25, 0.3) is 0 Å². The summed E-state index contributed by atoms with van der Waals surface area (Å²) in [7, 11) is 1.87. The first-order chi connectivity index (χ1) is 8.16. The van der Waals surface area contributed by atoms with Crippen molar-refractivity contribution < 1.29 is 4.79 Å². The number of hydrogen-bond donors (Lipinski definition) is 1. The van der Waals surface area contributed by atoms with E-state index in [1.807, 2.05) is 23.9 Å². The van der Waals surface area contributed by atoms with Crippen molar-refractivity contribution in [3.63, 3.8) is 0 Å². The maximum Gasteiger partial charge on any atom is 0.267 e. The number of carbonyl (C=O) groups is 1. The summed E-state index contributed by atoms with van der Waals surface area (Å²) in [6, 6.07) is 1.84. The Morgan fingerprint density at radius 2 is 2.41 bits per heavy atom. The summed E-state index contributed by atoms with van der Waals surface area (Å²) in [5.74, 6) is -0.00297. The van der Waals surface area contributed by atoms with Crippen molar-refractivity contribution >= 4 is 21.8 Å². The molecule has 0 atom stereocenters. The van der Waals surface area contributed by atoms with E-state index in [-0.39, 0.29) is 5.91 Å². The molecular weight excluding hydrogens is 280 g/mol. The summed E-state index contributed by atoms with van der Waals surface area (Å²) < 4.78 is 2.76. The number of halogens is 1. The zero-order valence-electron chi connectivity index (χ0n) is 10.0. The number of nitrogens with zero attached hydrogens (tertiary/aromatic N) is 1. The highest BCUT2D eigenvalue weighted by molar-refractivity contribution is 9.10. The predicted octanol–water partition coefficient (Wildman–Crippen LogP) is 3.02. The number of aromatic nitrogens is 1. The normalized spacial score (nSPS) is 14.8. The molecule has 17 heavy (non-hydrogen) atoms. The first kappa shape index (κ1) is 12.4. The van der Waals surface area contributed by atoms with Gasteiger partial charge in [0.1, 0.15) is 5.69 Å². The van der Waals surface area contributed by atoms with E-state index in [9.17, 15) is 4.79 Å². The van der Waals surface area contributed by atoms with Crippen LogP contribution in [0, 0.1) is 0 Å². The van der Waals surface area contributed by atoms with Crippen LogP contribution in [0.5, 0.6) is 0 Å². The zero-order chi connectivity index (χ0) is 12.3. The van der Waals surface area contributed by atoms with Gasteiger partial charge in [-0.15, -0.1) is 0 Å². The van der Waals surface area contributed by atoms with Crippen molar-refractivity contribution in [3.8, 4) is 0 Å². The van der Waals surface area contributed by atoms with E-state index in [1.54, 1.807) is 0 Å². The van der Waals surface area contributed by atoms with Crippen molar-refractivity contribution in [1.29, 1.82) is 0 Å². The fraction of sp³-hybridized carbons (Fsp3) is 0.462. The minimum Gasteiger partial charge on any atom is -0.350 e. The average Bonchev–Trinajstić information content (AvgIpc) is 2.88. The number of allylic oxidation sites excluding steroid dienone is 1. The average molecular weight is 297 g/mol. The molecule has 1 aromatic rings. The second-order valence-corrected chi connectivity index (χ2v) is 5.33. The molecule has 0 fully saturated rings. The predicted molar refractivity (Wildman–Crippen MR) is 72.0 cm³/mol. The monoisotopic (exact) mass is 296 g/mol. The fourth-order valence-electron chi connectivity index (χ4n) is 2.14.